The number of hydrogen-bond acceptors (Lipinski definition) is 3. The first-order valence-electron chi connectivity index (χ1n) is 7.91. The van der Waals surface area contributed by atoms with Gasteiger partial charge >= 0.3 is 0 Å². The summed E-state index contributed by atoms with van der Waals surface area (Å²) >= 11 is 0. The van der Waals surface area contributed by atoms with Gasteiger partial charge in [-0.25, -0.2) is 0 Å². The number of nitrogens with one attached hydrogen (secondary N) is 1. The molecule has 0 unspecified atom stereocenters. The van der Waals surface area contributed by atoms with Crippen molar-refractivity contribution >= 4 is 11.8 Å². The summed E-state index contributed by atoms with van der Waals surface area (Å²) < 4.78 is 5.39. The monoisotopic (exact) mass is 280 g/mol. The molecule has 5 heteroatoms. The van der Waals surface area contributed by atoms with Gasteiger partial charge in [0.15, 0.2) is 0 Å². The van der Waals surface area contributed by atoms with Crippen molar-refractivity contribution in [3.8, 4) is 0 Å². The van der Waals surface area contributed by atoms with Gasteiger partial charge in [0.05, 0.1) is 0 Å². The quantitative estimate of drug-likeness (QED) is 0.785. The highest BCUT2D eigenvalue weighted by molar-refractivity contribution is 5.93. The summed E-state index contributed by atoms with van der Waals surface area (Å²) in [5.74, 6) is 0.199. The molecular formula is C15H24N2O3. The highest BCUT2D eigenvalue weighted by atomic mass is 16.5. The van der Waals surface area contributed by atoms with Crippen molar-refractivity contribution in [2.45, 2.75) is 62.9 Å². The van der Waals surface area contributed by atoms with Crippen molar-refractivity contribution in [3.05, 3.63) is 0 Å². The third-order valence-corrected chi connectivity index (χ3v) is 4.97. The van der Waals surface area contributed by atoms with Gasteiger partial charge < -0.3 is 15.0 Å². The second kappa shape index (κ2) is 5.72. The Morgan fingerprint density at radius 2 is 1.80 bits per heavy atom. The molecule has 0 radical (unpaired) electrons. The van der Waals surface area contributed by atoms with E-state index in [0.29, 0.717) is 13.0 Å². The van der Waals surface area contributed by atoms with Crippen LogP contribution in [0.15, 0.2) is 0 Å². The van der Waals surface area contributed by atoms with E-state index < -0.39 is 5.54 Å². The van der Waals surface area contributed by atoms with Crippen LogP contribution in [-0.2, 0) is 14.3 Å². The lowest BCUT2D eigenvalue weighted by molar-refractivity contribution is -0.144. The second-order valence-corrected chi connectivity index (χ2v) is 6.28. The number of carbonyl (C=O) groups is 2. The van der Waals surface area contributed by atoms with Gasteiger partial charge in [-0.2, -0.15) is 0 Å². The van der Waals surface area contributed by atoms with E-state index >= 15 is 0 Å². The molecule has 1 N–H and O–H groups in total. The first kappa shape index (κ1) is 13.9. The number of ether oxygens (including phenoxy) is 1. The third kappa shape index (κ3) is 2.55. The zero-order valence-electron chi connectivity index (χ0n) is 12.0. The van der Waals surface area contributed by atoms with Gasteiger partial charge in [-0.1, -0.05) is 19.3 Å². The zero-order valence-corrected chi connectivity index (χ0v) is 12.0. The van der Waals surface area contributed by atoms with Gasteiger partial charge in [-0.05, 0) is 25.7 Å². The van der Waals surface area contributed by atoms with E-state index in [-0.39, 0.29) is 17.9 Å². The van der Waals surface area contributed by atoms with Gasteiger partial charge in [-0.3, -0.25) is 9.59 Å². The van der Waals surface area contributed by atoms with Crippen LogP contribution >= 0.6 is 0 Å². The van der Waals surface area contributed by atoms with Crippen LogP contribution in [0.1, 0.15) is 51.4 Å². The summed E-state index contributed by atoms with van der Waals surface area (Å²) in [6.45, 7) is 2.02. The molecule has 3 rings (SSSR count). The largest absolute Gasteiger partial charge is 0.381 e. The molecule has 0 aromatic heterocycles. The summed E-state index contributed by atoms with van der Waals surface area (Å²) in [7, 11) is 0. The SMILES string of the molecule is O=C1CCN(C2CCOCC2)C(=O)C2(CCCCC2)N1. The lowest BCUT2D eigenvalue weighted by Gasteiger charge is -2.41. The van der Waals surface area contributed by atoms with Gasteiger partial charge in [0.25, 0.3) is 0 Å². The maximum atomic E-state index is 13.0. The second-order valence-electron chi connectivity index (χ2n) is 6.28. The van der Waals surface area contributed by atoms with E-state index in [1.807, 2.05) is 4.90 Å². The predicted octanol–water partition coefficient (Wildman–Crippen LogP) is 1.22. The fourth-order valence-corrected chi connectivity index (χ4v) is 3.82. The highest BCUT2D eigenvalue weighted by Crippen LogP contribution is 2.33. The summed E-state index contributed by atoms with van der Waals surface area (Å²) in [5, 5.41) is 3.05. The molecule has 1 saturated carbocycles. The average Bonchev–Trinajstić information content (AvgIpc) is 2.59. The van der Waals surface area contributed by atoms with Crippen LogP contribution in [0.3, 0.4) is 0 Å². The standard InChI is InChI=1S/C15H24N2O3/c18-13-4-9-17(12-5-10-20-11-6-12)14(19)15(16-13)7-2-1-3-8-15/h12H,1-11H2,(H,16,18). The lowest BCUT2D eigenvalue weighted by Crippen LogP contribution is -2.60. The summed E-state index contributed by atoms with van der Waals surface area (Å²) in [6.07, 6.45) is 7.08. The van der Waals surface area contributed by atoms with Crippen LogP contribution in [-0.4, -0.2) is 48.1 Å². The molecule has 2 heterocycles. The first-order valence-corrected chi connectivity index (χ1v) is 7.91. The molecule has 0 aromatic carbocycles. The molecule has 1 spiro atoms. The smallest absolute Gasteiger partial charge is 0.248 e. The summed E-state index contributed by atoms with van der Waals surface area (Å²) in [6, 6.07) is 0.253. The van der Waals surface area contributed by atoms with Crippen molar-refractivity contribution in [2.24, 2.45) is 0 Å². The normalized spacial score (nSPS) is 28.3. The minimum atomic E-state index is -0.607. The van der Waals surface area contributed by atoms with Crippen LogP contribution in [0.25, 0.3) is 0 Å². The minimum absolute atomic E-state index is 0.0369. The van der Waals surface area contributed by atoms with Crippen molar-refractivity contribution in [1.82, 2.24) is 10.2 Å². The Morgan fingerprint density at radius 3 is 2.50 bits per heavy atom. The molecule has 0 atom stereocenters. The fraction of sp³-hybridized carbons (Fsp3) is 0.867. The van der Waals surface area contributed by atoms with Gasteiger partial charge in [0.2, 0.25) is 11.8 Å². The highest BCUT2D eigenvalue weighted by Gasteiger charge is 2.46. The Bertz CT molecular complexity index is 385. The van der Waals surface area contributed by atoms with Gasteiger partial charge in [0.1, 0.15) is 5.54 Å². The number of amides is 2. The molecule has 0 bridgehead atoms. The predicted molar refractivity (Wildman–Crippen MR) is 74.1 cm³/mol. The number of rotatable bonds is 1. The fourth-order valence-electron chi connectivity index (χ4n) is 3.82. The minimum Gasteiger partial charge on any atom is -0.381 e. The first-order chi connectivity index (χ1) is 9.71. The van der Waals surface area contributed by atoms with Crippen LogP contribution < -0.4 is 5.32 Å². The van der Waals surface area contributed by atoms with Crippen LogP contribution in [0, 0.1) is 0 Å². The Balaban J connectivity index is 1.82. The molecule has 20 heavy (non-hydrogen) atoms. The number of hydrogen-bond donors (Lipinski definition) is 1. The van der Waals surface area contributed by atoms with Gasteiger partial charge in [-0.15, -0.1) is 0 Å². The van der Waals surface area contributed by atoms with E-state index in [4.69, 9.17) is 4.74 Å². The Kier molecular flexibility index (Phi) is 3.96. The molecule has 5 nitrogen and oxygen atoms in total. The average molecular weight is 280 g/mol. The van der Waals surface area contributed by atoms with Crippen LogP contribution in [0.5, 0.6) is 0 Å². The maximum absolute atomic E-state index is 13.0. The molecule has 3 aliphatic rings. The van der Waals surface area contributed by atoms with E-state index in [0.717, 1.165) is 51.7 Å². The lowest BCUT2D eigenvalue weighted by atomic mass is 9.80. The van der Waals surface area contributed by atoms with Crippen LogP contribution in [0.4, 0.5) is 0 Å². The van der Waals surface area contributed by atoms with Crippen molar-refractivity contribution in [1.29, 1.82) is 0 Å². The molecule has 3 fully saturated rings. The number of nitrogens with zero attached hydrogens (tertiary/aromatic N) is 1. The molecular weight excluding hydrogens is 256 g/mol. The molecule has 1 aliphatic carbocycles. The Hall–Kier alpha value is -1.10. The van der Waals surface area contributed by atoms with Gasteiger partial charge in [0, 0.05) is 32.2 Å². The van der Waals surface area contributed by atoms with Crippen LogP contribution in [0.2, 0.25) is 0 Å². The number of carbonyl (C=O) groups excluding carboxylic acids is 2. The Morgan fingerprint density at radius 1 is 1.10 bits per heavy atom. The van der Waals surface area contributed by atoms with Crippen molar-refractivity contribution in [3.63, 3.8) is 0 Å². The van der Waals surface area contributed by atoms with Crippen molar-refractivity contribution in [2.75, 3.05) is 19.8 Å². The molecule has 2 saturated heterocycles. The van der Waals surface area contributed by atoms with E-state index in [2.05, 4.69) is 5.32 Å². The summed E-state index contributed by atoms with van der Waals surface area (Å²) in [5.41, 5.74) is -0.607. The van der Waals surface area contributed by atoms with Crippen molar-refractivity contribution < 1.29 is 14.3 Å². The van der Waals surface area contributed by atoms with E-state index in [1.165, 1.54) is 6.42 Å². The Labute approximate surface area is 120 Å². The van der Waals surface area contributed by atoms with E-state index in [1.54, 1.807) is 0 Å². The molecule has 112 valence electrons. The topological polar surface area (TPSA) is 58.6 Å². The zero-order chi connectivity index (χ0) is 14.0. The summed E-state index contributed by atoms with van der Waals surface area (Å²) in [4.78, 5) is 27.0. The van der Waals surface area contributed by atoms with E-state index in [9.17, 15) is 9.59 Å². The molecule has 0 aromatic rings. The third-order valence-electron chi connectivity index (χ3n) is 4.97. The maximum Gasteiger partial charge on any atom is 0.248 e. The molecule has 2 aliphatic heterocycles. The molecule has 2 amide bonds.